The Balaban J connectivity index is 2.85. The number of ketones is 1. The van der Waals surface area contributed by atoms with Gasteiger partial charge in [0.05, 0.1) is 6.61 Å². The van der Waals surface area contributed by atoms with E-state index < -0.39 is 5.97 Å². The van der Waals surface area contributed by atoms with E-state index in [1.807, 2.05) is 19.1 Å². The maximum absolute atomic E-state index is 11.8. The van der Waals surface area contributed by atoms with E-state index in [9.17, 15) is 9.59 Å². The van der Waals surface area contributed by atoms with Crippen LogP contribution in [0.1, 0.15) is 29.3 Å². The molecule has 0 bridgehead atoms. The normalized spacial score (nSPS) is 9.94. The first-order chi connectivity index (χ1) is 7.56. The lowest BCUT2D eigenvalue weighted by Gasteiger charge is -2.06. The van der Waals surface area contributed by atoms with Gasteiger partial charge in [0.15, 0.2) is 5.78 Å². The number of rotatable bonds is 4. The maximum Gasteiger partial charge on any atom is 0.313 e. The number of esters is 1. The molecule has 0 aliphatic carbocycles. The summed E-state index contributed by atoms with van der Waals surface area (Å²) in [4.78, 5) is 23.0. The monoisotopic (exact) mass is 284 g/mol. The maximum atomic E-state index is 11.8. The third kappa shape index (κ3) is 3.17. The first-order valence-corrected chi connectivity index (χ1v) is 5.79. The van der Waals surface area contributed by atoms with Gasteiger partial charge in [0.25, 0.3) is 0 Å². The van der Waals surface area contributed by atoms with Crippen LogP contribution in [0.4, 0.5) is 0 Å². The third-order valence-electron chi connectivity index (χ3n) is 2.11. The third-order valence-corrected chi connectivity index (χ3v) is 2.77. The molecular formula is C12H13BrO3. The van der Waals surface area contributed by atoms with Gasteiger partial charge in [-0.2, -0.15) is 0 Å². The zero-order chi connectivity index (χ0) is 12.1. The molecule has 0 radical (unpaired) electrons. The van der Waals surface area contributed by atoms with Gasteiger partial charge in [0, 0.05) is 10.0 Å². The minimum Gasteiger partial charge on any atom is -0.466 e. The number of ether oxygens (including phenoxy) is 1. The number of carbonyl (C=O) groups is 2. The highest BCUT2D eigenvalue weighted by Gasteiger charge is 2.16. The first kappa shape index (κ1) is 12.9. The van der Waals surface area contributed by atoms with E-state index in [0.717, 1.165) is 5.56 Å². The van der Waals surface area contributed by atoms with Crippen molar-refractivity contribution in [1.82, 2.24) is 0 Å². The molecule has 3 nitrogen and oxygen atoms in total. The molecule has 4 heteroatoms. The van der Waals surface area contributed by atoms with Crippen LogP contribution in [0.5, 0.6) is 0 Å². The lowest BCUT2D eigenvalue weighted by molar-refractivity contribution is -0.141. The fraction of sp³-hybridized carbons (Fsp3) is 0.333. The van der Waals surface area contributed by atoms with Crippen molar-refractivity contribution in [3.63, 3.8) is 0 Å². The largest absolute Gasteiger partial charge is 0.466 e. The van der Waals surface area contributed by atoms with Gasteiger partial charge in [-0.05, 0) is 25.5 Å². The number of Topliss-reactive ketones (excluding diaryl/α,β-unsaturated/α-hetero) is 1. The van der Waals surface area contributed by atoms with Crippen molar-refractivity contribution in [3.05, 3.63) is 33.8 Å². The van der Waals surface area contributed by atoms with Crippen molar-refractivity contribution in [2.24, 2.45) is 0 Å². The van der Waals surface area contributed by atoms with Gasteiger partial charge in [-0.1, -0.05) is 28.1 Å². The second kappa shape index (κ2) is 5.80. The van der Waals surface area contributed by atoms with E-state index in [1.54, 1.807) is 13.0 Å². The fourth-order valence-corrected chi connectivity index (χ4v) is 2.10. The number of halogens is 1. The van der Waals surface area contributed by atoms with Crippen molar-refractivity contribution in [1.29, 1.82) is 0 Å². The Morgan fingerprint density at radius 2 is 2.06 bits per heavy atom. The molecule has 16 heavy (non-hydrogen) atoms. The van der Waals surface area contributed by atoms with Gasteiger partial charge in [0.1, 0.15) is 6.42 Å². The van der Waals surface area contributed by atoms with Crippen molar-refractivity contribution in [2.45, 2.75) is 20.3 Å². The smallest absolute Gasteiger partial charge is 0.313 e. The number of aryl methyl sites for hydroxylation is 1. The van der Waals surface area contributed by atoms with Crippen molar-refractivity contribution >= 4 is 27.7 Å². The second-order valence-electron chi connectivity index (χ2n) is 3.34. The average Bonchev–Trinajstić information content (AvgIpc) is 2.17. The molecule has 0 heterocycles. The molecule has 86 valence electrons. The number of hydrogen-bond acceptors (Lipinski definition) is 3. The van der Waals surface area contributed by atoms with E-state index in [-0.39, 0.29) is 12.2 Å². The molecule has 0 unspecified atom stereocenters. The first-order valence-electron chi connectivity index (χ1n) is 5.00. The summed E-state index contributed by atoms with van der Waals surface area (Å²) in [6.45, 7) is 3.84. The quantitative estimate of drug-likeness (QED) is 0.485. The van der Waals surface area contributed by atoms with E-state index in [0.29, 0.717) is 16.6 Å². The Morgan fingerprint density at radius 1 is 1.38 bits per heavy atom. The van der Waals surface area contributed by atoms with Crippen LogP contribution < -0.4 is 0 Å². The molecule has 0 fully saturated rings. The van der Waals surface area contributed by atoms with Crippen LogP contribution in [-0.4, -0.2) is 18.4 Å². The van der Waals surface area contributed by atoms with E-state index in [4.69, 9.17) is 4.74 Å². The zero-order valence-electron chi connectivity index (χ0n) is 9.25. The van der Waals surface area contributed by atoms with E-state index in [1.165, 1.54) is 0 Å². The summed E-state index contributed by atoms with van der Waals surface area (Å²) in [7, 11) is 0. The second-order valence-corrected chi connectivity index (χ2v) is 4.19. The van der Waals surface area contributed by atoms with Gasteiger partial charge in [-0.3, -0.25) is 9.59 Å². The molecule has 0 aliphatic heterocycles. The molecule has 0 N–H and O–H groups in total. The topological polar surface area (TPSA) is 43.4 Å². The van der Waals surface area contributed by atoms with Gasteiger partial charge in [-0.15, -0.1) is 0 Å². The summed E-state index contributed by atoms with van der Waals surface area (Å²) in [5.74, 6) is -0.703. The van der Waals surface area contributed by atoms with Crippen molar-refractivity contribution in [3.8, 4) is 0 Å². The van der Waals surface area contributed by atoms with Crippen LogP contribution in [0.3, 0.4) is 0 Å². The molecule has 0 aliphatic rings. The highest BCUT2D eigenvalue weighted by Crippen LogP contribution is 2.21. The van der Waals surface area contributed by atoms with Crippen LogP contribution in [-0.2, 0) is 9.53 Å². The van der Waals surface area contributed by atoms with Gasteiger partial charge in [0.2, 0.25) is 0 Å². The Bertz CT molecular complexity index is 392. The summed E-state index contributed by atoms with van der Waals surface area (Å²) < 4.78 is 5.45. The van der Waals surface area contributed by atoms with Crippen LogP contribution in [0.15, 0.2) is 22.7 Å². The zero-order valence-corrected chi connectivity index (χ0v) is 10.8. The Hall–Kier alpha value is -1.16. The summed E-state index contributed by atoms with van der Waals surface area (Å²) in [5, 5.41) is 0. The highest BCUT2D eigenvalue weighted by atomic mass is 79.9. The highest BCUT2D eigenvalue weighted by molar-refractivity contribution is 9.10. The number of hydrogen-bond donors (Lipinski definition) is 0. The fourth-order valence-electron chi connectivity index (χ4n) is 1.42. The van der Waals surface area contributed by atoms with Gasteiger partial charge in [-0.25, -0.2) is 0 Å². The summed E-state index contributed by atoms with van der Waals surface area (Å²) in [5.41, 5.74) is 1.40. The molecular weight excluding hydrogens is 272 g/mol. The Labute approximate surface area is 103 Å². The molecule has 1 rings (SSSR count). The average molecular weight is 285 g/mol. The SMILES string of the molecule is CCOC(=O)CC(=O)c1c(C)cccc1Br. The molecule has 0 atom stereocenters. The lowest BCUT2D eigenvalue weighted by Crippen LogP contribution is -2.12. The van der Waals surface area contributed by atoms with Crippen molar-refractivity contribution in [2.75, 3.05) is 6.61 Å². The molecule has 0 saturated carbocycles. The predicted octanol–water partition coefficient (Wildman–Crippen LogP) is 2.89. The minimum absolute atomic E-state index is 0.211. The standard InChI is InChI=1S/C12H13BrO3/c1-3-16-11(15)7-10(14)12-8(2)5-4-6-9(12)13/h4-6H,3,7H2,1-2H3. The molecule has 1 aromatic rings. The van der Waals surface area contributed by atoms with Gasteiger partial charge < -0.3 is 4.74 Å². The van der Waals surface area contributed by atoms with Gasteiger partial charge >= 0.3 is 5.97 Å². The van der Waals surface area contributed by atoms with Crippen LogP contribution in [0.2, 0.25) is 0 Å². The van der Waals surface area contributed by atoms with E-state index >= 15 is 0 Å². The summed E-state index contributed by atoms with van der Waals surface area (Å²) in [6.07, 6.45) is -0.211. The summed E-state index contributed by atoms with van der Waals surface area (Å²) in [6, 6.07) is 5.47. The molecule has 0 aromatic heterocycles. The summed E-state index contributed by atoms with van der Waals surface area (Å²) >= 11 is 3.30. The van der Waals surface area contributed by atoms with Crippen LogP contribution in [0.25, 0.3) is 0 Å². The lowest BCUT2D eigenvalue weighted by atomic mass is 10.0. The Morgan fingerprint density at radius 3 is 2.62 bits per heavy atom. The van der Waals surface area contributed by atoms with E-state index in [2.05, 4.69) is 15.9 Å². The minimum atomic E-state index is -0.484. The number of benzene rings is 1. The van der Waals surface area contributed by atoms with Crippen LogP contribution >= 0.6 is 15.9 Å². The Kier molecular flexibility index (Phi) is 4.68. The molecule has 0 saturated heterocycles. The molecule has 0 spiro atoms. The van der Waals surface area contributed by atoms with Crippen LogP contribution in [0, 0.1) is 6.92 Å². The van der Waals surface area contributed by atoms with Crippen molar-refractivity contribution < 1.29 is 14.3 Å². The molecule has 1 aromatic carbocycles. The predicted molar refractivity (Wildman–Crippen MR) is 64.5 cm³/mol. The number of carbonyl (C=O) groups excluding carboxylic acids is 2. The molecule has 0 amide bonds.